The highest BCUT2D eigenvalue weighted by Gasteiger charge is 2.20. The van der Waals surface area contributed by atoms with Gasteiger partial charge in [0.05, 0.1) is 25.4 Å². The first-order chi connectivity index (χ1) is 15.7. The second-order valence-electron chi connectivity index (χ2n) is 8.34. The van der Waals surface area contributed by atoms with Crippen LogP contribution in [0.25, 0.3) is 10.8 Å². The van der Waals surface area contributed by atoms with E-state index in [1.54, 1.807) is 0 Å². The maximum absolute atomic E-state index is 11.6. The zero-order chi connectivity index (χ0) is 22.2. The summed E-state index contributed by atoms with van der Waals surface area (Å²) < 4.78 is 10.8. The van der Waals surface area contributed by atoms with Gasteiger partial charge in [-0.05, 0) is 60.0 Å². The number of fused-ring (bicyclic) bond motifs is 1. The third kappa shape index (κ3) is 5.94. The summed E-state index contributed by atoms with van der Waals surface area (Å²) in [6, 6.07) is 22.8. The molecule has 0 spiro atoms. The van der Waals surface area contributed by atoms with Crippen LogP contribution in [0, 0.1) is 0 Å². The monoisotopic (exact) mass is 432 g/mol. The minimum atomic E-state index is -0.295. The number of nitrogens with zero attached hydrogens (tertiary/aromatic N) is 1. The third-order valence-corrected chi connectivity index (χ3v) is 6.10. The Kier molecular flexibility index (Phi) is 7.88. The zero-order valence-corrected chi connectivity index (χ0v) is 18.8. The van der Waals surface area contributed by atoms with E-state index in [0.717, 1.165) is 52.2 Å². The van der Waals surface area contributed by atoms with Crippen molar-refractivity contribution in [3.63, 3.8) is 0 Å². The van der Waals surface area contributed by atoms with E-state index in [2.05, 4.69) is 52.7 Å². The van der Waals surface area contributed by atoms with E-state index in [1.165, 1.54) is 29.0 Å². The van der Waals surface area contributed by atoms with Gasteiger partial charge in [0.1, 0.15) is 0 Å². The molecule has 1 heterocycles. The first-order valence-electron chi connectivity index (χ1n) is 11.4. The zero-order valence-electron chi connectivity index (χ0n) is 18.8. The highest BCUT2D eigenvalue weighted by atomic mass is 16.5. The van der Waals surface area contributed by atoms with Crippen molar-refractivity contribution in [3.05, 3.63) is 83.4 Å². The predicted molar refractivity (Wildman–Crippen MR) is 128 cm³/mol. The average Bonchev–Trinajstić information content (AvgIpc) is 2.84. The number of hydrogen-bond donors (Lipinski definition) is 1. The molecule has 32 heavy (non-hydrogen) atoms. The molecule has 0 bridgehead atoms. The van der Waals surface area contributed by atoms with Gasteiger partial charge in [0.15, 0.2) is 0 Å². The molecular weight excluding hydrogens is 400 g/mol. The number of nitrogens with one attached hydrogen (secondary N) is 1. The number of rotatable bonds is 9. The molecule has 1 aliphatic rings. The summed E-state index contributed by atoms with van der Waals surface area (Å²) in [6.07, 6.45) is 2.29. The van der Waals surface area contributed by atoms with Gasteiger partial charge >= 0.3 is 5.97 Å². The number of hydrogen-bond acceptors (Lipinski definition) is 5. The van der Waals surface area contributed by atoms with Crippen molar-refractivity contribution in [3.8, 4) is 0 Å². The number of carbonyl (C=O) groups excluding carboxylic acids is 1. The van der Waals surface area contributed by atoms with Crippen LogP contribution < -0.4 is 5.32 Å². The summed E-state index contributed by atoms with van der Waals surface area (Å²) in [7, 11) is 1.41. The van der Waals surface area contributed by atoms with Crippen LogP contribution in [0.1, 0.15) is 27.9 Å². The summed E-state index contributed by atoms with van der Waals surface area (Å²) in [6.45, 7) is 5.43. The van der Waals surface area contributed by atoms with E-state index in [4.69, 9.17) is 9.47 Å². The van der Waals surface area contributed by atoms with Crippen molar-refractivity contribution in [1.82, 2.24) is 10.2 Å². The maximum atomic E-state index is 11.6. The molecule has 0 amide bonds. The maximum Gasteiger partial charge on any atom is 0.337 e. The molecule has 0 aliphatic carbocycles. The van der Waals surface area contributed by atoms with Gasteiger partial charge < -0.3 is 14.8 Å². The number of ether oxygens (including phenoxy) is 2. The first kappa shape index (κ1) is 22.5. The lowest BCUT2D eigenvalue weighted by Crippen LogP contribution is -2.43. The Morgan fingerprint density at radius 3 is 2.72 bits per heavy atom. The van der Waals surface area contributed by atoms with Crippen molar-refractivity contribution >= 4 is 16.7 Å². The lowest BCUT2D eigenvalue weighted by Gasteiger charge is -2.33. The lowest BCUT2D eigenvalue weighted by atomic mass is 10.0. The molecule has 1 unspecified atom stereocenters. The molecule has 5 nitrogen and oxygen atoms in total. The SMILES string of the molecule is COC(=O)c1ccc(CN2CCOC(CCNCCc3cccc4ccccc34)C2)cc1. The van der Waals surface area contributed by atoms with E-state index < -0.39 is 0 Å². The van der Waals surface area contributed by atoms with Crippen molar-refractivity contribution in [1.29, 1.82) is 0 Å². The summed E-state index contributed by atoms with van der Waals surface area (Å²) in [5.74, 6) is -0.295. The molecular formula is C27H32N2O3. The fourth-order valence-corrected chi connectivity index (χ4v) is 4.34. The summed E-state index contributed by atoms with van der Waals surface area (Å²) in [5.41, 5.74) is 3.19. The van der Waals surface area contributed by atoms with Crippen molar-refractivity contribution in [2.75, 3.05) is 39.9 Å². The van der Waals surface area contributed by atoms with Crippen LogP contribution in [0.5, 0.6) is 0 Å². The van der Waals surface area contributed by atoms with Gasteiger partial charge in [0.2, 0.25) is 0 Å². The highest BCUT2D eigenvalue weighted by Crippen LogP contribution is 2.18. The lowest BCUT2D eigenvalue weighted by molar-refractivity contribution is -0.0343. The van der Waals surface area contributed by atoms with Crippen molar-refractivity contribution in [2.24, 2.45) is 0 Å². The molecule has 1 N–H and O–H groups in total. The van der Waals surface area contributed by atoms with Crippen LogP contribution in [-0.2, 0) is 22.4 Å². The van der Waals surface area contributed by atoms with Gasteiger partial charge in [0, 0.05) is 19.6 Å². The standard InChI is InChI=1S/C27H32N2O3/c1-31-27(30)24-11-9-21(10-12-24)19-29-17-18-32-25(20-29)14-16-28-15-13-23-7-4-6-22-5-2-3-8-26(22)23/h2-12,25,28H,13-20H2,1H3. The van der Waals surface area contributed by atoms with E-state index in [-0.39, 0.29) is 12.1 Å². The second-order valence-corrected chi connectivity index (χ2v) is 8.34. The van der Waals surface area contributed by atoms with E-state index in [0.29, 0.717) is 5.56 Å². The predicted octanol–water partition coefficient (Wildman–Crippen LogP) is 4.05. The molecule has 1 aliphatic heterocycles. The molecule has 0 saturated carbocycles. The molecule has 168 valence electrons. The molecule has 0 aromatic heterocycles. The Bertz CT molecular complexity index is 1010. The topological polar surface area (TPSA) is 50.8 Å². The minimum Gasteiger partial charge on any atom is -0.465 e. The fourth-order valence-electron chi connectivity index (χ4n) is 4.34. The molecule has 3 aromatic carbocycles. The van der Waals surface area contributed by atoms with E-state index >= 15 is 0 Å². The van der Waals surface area contributed by atoms with Gasteiger partial charge in [-0.15, -0.1) is 0 Å². The van der Waals surface area contributed by atoms with Crippen LogP contribution in [0.3, 0.4) is 0 Å². The Hall–Kier alpha value is -2.73. The smallest absolute Gasteiger partial charge is 0.337 e. The molecule has 5 heteroatoms. The summed E-state index contributed by atoms with van der Waals surface area (Å²) in [5, 5.41) is 6.25. The summed E-state index contributed by atoms with van der Waals surface area (Å²) >= 11 is 0. The fraction of sp³-hybridized carbons (Fsp3) is 0.370. The van der Waals surface area contributed by atoms with Gasteiger partial charge in [-0.3, -0.25) is 4.90 Å². The van der Waals surface area contributed by atoms with Crippen LogP contribution in [0.2, 0.25) is 0 Å². The van der Waals surface area contributed by atoms with Crippen LogP contribution in [0.4, 0.5) is 0 Å². The van der Waals surface area contributed by atoms with Gasteiger partial charge in [-0.25, -0.2) is 4.79 Å². The normalized spacial score (nSPS) is 16.8. The molecule has 0 radical (unpaired) electrons. The van der Waals surface area contributed by atoms with E-state index in [9.17, 15) is 4.79 Å². The Labute approximate surface area is 190 Å². The van der Waals surface area contributed by atoms with Gasteiger partial charge in [0.25, 0.3) is 0 Å². The molecule has 1 atom stereocenters. The number of carbonyl (C=O) groups is 1. The van der Waals surface area contributed by atoms with Crippen LogP contribution in [0.15, 0.2) is 66.7 Å². The van der Waals surface area contributed by atoms with Gasteiger partial charge in [-0.2, -0.15) is 0 Å². The molecule has 4 rings (SSSR count). The minimum absolute atomic E-state index is 0.253. The van der Waals surface area contributed by atoms with Crippen LogP contribution in [-0.4, -0.2) is 56.9 Å². The number of esters is 1. The Morgan fingerprint density at radius 2 is 1.88 bits per heavy atom. The highest BCUT2D eigenvalue weighted by molar-refractivity contribution is 5.89. The first-order valence-corrected chi connectivity index (χ1v) is 11.4. The Morgan fingerprint density at radius 1 is 1.06 bits per heavy atom. The molecule has 1 fully saturated rings. The molecule has 1 saturated heterocycles. The largest absolute Gasteiger partial charge is 0.465 e. The number of benzene rings is 3. The second kappa shape index (κ2) is 11.2. The van der Waals surface area contributed by atoms with Gasteiger partial charge in [-0.1, -0.05) is 54.6 Å². The Balaban J connectivity index is 1.19. The quantitative estimate of drug-likeness (QED) is 0.408. The van der Waals surface area contributed by atoms with Crippen LogP contribution >= 0.6 is 0 Å². The summed E-state index contributed by atoms with van der Waals surface area (Å²) in [4.78, 5) is 14.0. The molecule has 3 aromatic rings. The average molecular weight is 433 g/mol. The number of morpholine rings is 1. The van der Waals surface area contributed by atoms with E-state index in [1.807, 2.05) is 24.3 Å². The van der Waals surface area contributed by atoms with Crippen molar-refractivity contribution in [2.45, 2.75) is 25.5 Å². The number of methoxy groups -OCH3 is 1. The third-order valence-electron chi connectivity index (χ3n) is 6.10. The van der Waals surface area contributed by atoms with Crippen molar-refractivity contribution < 1.29 is 14.3 Å².